The second-order valence-electron chi connectivity index (χ2n) is 7.68. The van der Waals surface area contributed by atoms with Gasteiger partial charge >= 0.3 is 0 Å². The number of likely N-dealkylation sites (tertiary alicyclic amines) is 1. The van der Waals surface area contributed by atoms with E-state index in [2.05, 4.69) is 39.4 Å². The van der Waals surface area contributed by atoms with E-state index in [1.807, 2.05) is 29.8 Å². The molecule has 0 spiro atoms. The van der Waals surface area contributed by atoms with Gasteiger partial charge < -0.3 is 14.1 Å². The van der Waals surface area contributed by atoms with Crippen LogP contribution in [0, 0.1) is 5.41 Å². The molecule has 1 aliphatic rings. The van der Waals surface area contributed by atoms with Gasteiger partial charge in [-0.3, -0.25) is 4.90 Å². The van der Waals surface area contributed by atoms with Crippen molar-refractivity contribution in [3.63, 3.8) is 0 Å². The first-order valence-corrected chi connectivity index (χ1v) is 10.5. The van der Waals surface area contributed by atoms with Gasteiger partial charge in [0.1, 0.15) is 12.1 Å². The van der Waals surface area contributed by atoms with Gasteiger partial charge in [-0.05, 0) is 55.3 Å². The van der Waals surface area contributed by atoms with Gasteiger partial charge in [0.2, 0.25) is 0 Å². The first kappa shape index (κ1) is 19.2. The molecule has 0 radical (unpaired) electrons. The van der Waals surface area contributed by atoms with Gasteiger partial charge in [0, 0.05) is 19.0 Å². The van der Waals surface area contributed by atoms with Crippen LogP contribution in [-0.2, 0) is 20.0 Å². The maximum absolute atomic E-state index is 10.2. The molecule has 0 bridgehead atoms. The van der Waals surface area contributed by atoms with Crippen LogP contribution in [0.15, 0.2) is 63.5 Å². The van der Waals surface area contributed by atoms with Crippen molar-refractivity contribution in [1.29, 1.82) is 0 Å². The molecular formula is C21H26N4O2S. The van der Waals surface area contributed by atoms with Gasteiger partial charge in [-0.1, -0.05) is 30.3 Å². The Morgan fingerprint density at radius 1 is 1.21 bits per heavy atom. The highest BCUT2D eigenvalue weighted by atomic mass is 32.2. The van der Waals surface area contributed by atoms with Gasteiger partial charge in [-0.2, -0.15) is 0 Å². The predicted octanol–water partition coefficient (Wildman–Crippen LogP) is 3.38. The summed E-state index contributed by atoms with van der Waals surface area (Å²) in [4.78, 5) is 2.40. The molecule has 1 saturated heterocycles. The fourth-order valence-corrected chi connectivity index (χ4v) is 4.72. The number of rotatable bonds is 7. The molecule has 1 aliphatic heterocycles. The lowest BCUT2D eigenvalue weighted by Gasteiger charge is -2.41. The van der Waals surface area contributed by atoms with Crippen molar-refractivity contribution in [1.82, 2.24) is 19.7 Å². The van der Waals surface area contributed by atoms with E-state index in [1.165, 1.54) is 17.3 Å². The van der Waals surface area contributed by atoms with E-state index in [0.717, 1.165) is 54.9 Å². The predicted molar refractivity (Wildman–Crippen MR) is 108 cm³/mol. The van der Waals surface area contributed by atoms with E-state index in [-0.39, 0.29) is 12.0 Å². The minimum atomic E-state index is -0.0809. The molecular weight excluding hydrogens is 372 g/mol. The minimum Gasteiger partial charge on any atom is -0.453 e. The normalized spacial score (nSPS) is 20.5. The largest absolute Gasteiger partial charge is 0.453 e. The van der Waals surface area contributed by atoms with E-state index >= 15 is 0 Å². The fourth-order valence-electron chi connectivity index (χ4n) is 3.98. The summed E-state index contributed by atoms with van der Waals surface area (Å²) in [6.45, 7) is 2.88. The first-order valence-electron chi connectivity index (χ1n) is 9.63. The quantitative estimate of drug-likeness (QED) is 0.658. The van der Waals surface area contributed by atoms with E-state index in [1.54, 1.807) is 6.33 Å². The summed E-state index contributed by atoms with van der Waals surface area (Å²) in [5, 5.41) is 19.8. The lowest BCUT2D eigenvalue weighted by Crippen LogP contribution is -2.46. The number of benzene rings is 1. The molecule has 2 aromatic heterocycles. The Morgan fingerprint density at radius 2 is 2.07 bits per heavy atom. The molecule has 0 amide bonds. The number of nitrogens with zero attached hydrogens (tertiary/aromatic N) is 4. The first-order chi connectivity index (χ1) is 13.7. The molecule has 1 N–H and O–H groups in total. The van der Waals surface area contributed by atoms with E-state index in [0.29, 0.717) is 0 Å². The number of furan rings is 1. The topological polar surface area (TPSA) is 67.3 Å². The van der Waals surface area contributed by atoms with Crippen LogP contribution in [-0.4, -0.2) is 44.5 Å². The van der Waals surface area contributed by atoms with E-state index < -0.39 is 0 Å². The van der Waals surface area contributed by atoms with Crippen LogP contribution in [0.25, 0.3) is 0 Å². The third-order valence-electron chi connectivity index (χ3n) is 5.38. The van der Waals surface area contributed by atoms with Gasteiger partial charge in [0.05, 0.1) is 13.2 Å². The Bertz CT molecular complexity index is 895. The Labute approximate surface area is 169 Å². The number of aliphatic hydroxyl groups excluding tert-OH is 1. The van der Waals surface area contributed by atoms with Gasteiger partial charge in [0.25, 0.3) is 0 Å². The molecule has 3 aromatic rings. The molecule has 0 aliphatic carbocycles. The van der Waals surface area contributed by atoms with Crippen LogP contribution >= 0.6 is 11.8 Å². The van der Waals surface area contributed by atoms with E-state index in [4.69, 9.17) is 4.42 Å². The van der Waals surface area contributed by atoms with Crippen LogP contribution in [0.4, 0.5) is 0 Å². The smallest absolute Gasteiger partial charge is 0.198 e. The van der Waals surface area contributed by atoms with Crippen LogP contribution in [0.3, 0.4) is 0 Å². The summed E-state index contributed by atoms with van der Waals surface area (Å²) in [7, 11) is 1.92. The minimum absolute atomic E-state index is 0.0809. The summed E-state index contributed by atoms with van der Waals surface area (Å²) >= 11 is 1.47. The monoisotopic (exact) mass is 398 g/mol. The van der Waals surface area contributed by atoms with Crippen molar-refractivity contribution in [2.45, 2.75) is 36.1 Å². The maximum Gasteiger partial charge on any atom is 0.198 e. The zero-order valence-corrected chi connectivity index (χ0v) is 16.9. The number of piperidine rings is 1. The third kappa shape index (κ3) is 4.48. The molecule has 4 rings (SSSR count). The van der Waals surface area contributed by atoms with Crippen molar-refractivity contribution in [3.8, 4) is 0 Å². The number of aryl methyl sites for hydroxylation is 1. The molecule has 1 aromatic carbocycles. The summed E-state index contributed by atoms with van der Waals surface area (Å²) in [5.41, 5.74) is 1.21. The van der Waals surface area contributed by atoms with Crippen molar-refractivity contribution < 1.29 is 9.52 Å². The van der Waals surface area contributed by atoms with Crippen molar-refractivity contribution in [2.75, 3.05) is 19.7 Å². The number of hydrogen-bond donors (Lipinski definition) is 1. The zero-order chi connectivity index (χ0) is 19.4. The molecule has 1 fully saturated rings. The second kappa shape index (κ2) is 8.51. The second-order valence-corrected chi connectivity index (χ2v) is 8.65. The number of aliphatic hydroxyl groups is 1. The molecule has 7 heteroatoms. The summed E-state index contributed by atoms with van der Waals surface area (Å²) in [6, 6.07) is 14.5. The summed E-state index contributed by atoms with van der Waals surface area (Å²) in [5.74, 6) is 0.943. The van der Waals surface area contributed by atoms with Crippen molar-refractivity contribution in [3.05, 3.63) is 60.1 Å². The lowest BCUT2D eigenvalue weighted by molar-refractivity contribution is 0.0257. The SMILES string of the molecule is Cn1cnnc1Sc1ccc(CN2CCC[C@](CO)(Cc3ccccc3)C2)o1. The molecule has 0 saturated carbocycles. The fraction of sp³-hybridized carbons (Fsp3) is 0.429. The van der Waals surface area contributed by atoms with Gasteiger partial charge in [-0.15, -0.1) is 10.2 Å². The molecule has 1 atom stereocenters. The third-order valence-corrected chi connectivity index (χ3v) is 6.35. The highest BCUT2D eigenvalue weighted by molar-refractivity contribution is 7.99. The zero-order valence-electron chi connectivity index (χ0n) is 16.1. The lowest BCUT2D eigenvalue weighted by atomic mass is 9.75. The van der Waals surface area contributed by atoms with Crippen LogP contribution in [0.5, 0.6) is 0 Å². The average molecular weight is 399 g/mol. The van der Waals surface area contributed by atoms with Crippen molar-refractivity contribution >= 4 is 11.8 Å². The van der Waals surface area contributed by atoms with Crippen LogP contribution in [0.2, 0.25) is 0 Å². The van der Waals surface area contributed by atoms with Crippen LogP contribution < -0.4 is 0 Å². The van der Waals surface area contributed by atoms with Gasteiger partial charge in [0.15, 0.2) is 10.2 Å². The molecule has 148 valence electrons. The van der Waals surface area contributed by atoms with Gasteiger partial charge in [-0.25, -0.2) is 0 Å². The Hall–Kier alpha value is -2.09. The maximum atomic E-state index is 10.2. The molecule has 0 unspecified atom stereocenters. The van der Waals surface area contributed by atoms with Crippen LogP contribution in [0.1, 0.15) is 24.2 Å². The highest BCUT2D eigenvalue weighted by Crippen LogP contribution is 2.34. The average Bonchev–Trinajstić information content (AvgIpc) is 3.32. The highest BCUT2D eigenvalue weighted by Gasteiger charge is 2.35. The molecule has 28 heavy (non-hydrogen) atoms. The van der Waals surface area contributed by atoms with E-state index in [9.17, 15) is 5.11 Å². The summed E-state index contributed by atoms with van der Waals surface area (Å²) in [6.07, 6.45) is 4.74. The van der Waals surface area contributed by atoms with Crippen molar-refractivity contribution in [2.24, 2.45) is 12.5 Å². The Kier molecular flexibility index (Phi) is 5.85. The molecule has 3 heterocycles. The Balaban J connectivity index is 1.40. The standard InChI is InChI=1S/C21H26N4O2S/c1-24-16-22-23-20(24)28-19-9-8-18(27-19)13-25-11-5-10-21(14-25,15-26)12-17-6-3-2-4-7-17/h2-4,6-9,16,26H,5,10-15H2,1H3/t21-/m0/s1. The molecule has 6 nitrogen and oxygen atoms in total. The summed E-state index contributed by atoms with van der Waals surface area (Å²) < 4.78 is 7.88. The number of hydrogen-bond acceptors (Lipinski definition) is 6. The Morgan fingerprint density at radius 3 is 2.82 bits per heavy atom. The number of aromatic nitrogens is 3.